The minimum atomic E-state index is 0.180. The molecule has 0 atom stereocenters. The second kappa shape index (κ2) is 10.6. The lowest BCUT2D eigenvalue weighted by molar-refractivity contribution is 0.330. The number of terminal acetylenes is 1. The molecule has 0 fully saturated rings. The summed E-state index contributed by atoms with van der Waals surface area (Å²) in [7, 11) is 3.30. The van der Waals surface area contributed by atoms with E-state index in [9.17, 15) is 0 Å². The number of hydrogen-bond acceptors (Lipinski definition) is 5. The third-order valence-corrected chi connectivity index (χ3v) is 4.23. The molecule has 3 rings (SSSR count). The molecule has 2 N–H and O–H groups in total. The van der Waals surface area contributed by atoms with E-state index in [0.717, 1.165) is 16.8 Å². The Labute approximate surface area is 176 Å². The van der Waals surface area contributed by atoms with Crippen molar-refractivity contribution in [3.8, 4) is 35.3 Å². The third kappa shape index (κ3) is 5.55. The Kier molecular flexibility index (Phi) is 7.34. The molecule has 0 spiro atoms. The summed E-state index contributed by atoms with van der Waals surface area (Å²) in [6.07, 6.45) is 6.91. The monoisotopic (exact) mass is 404 g/mol. The first-order valence-electron chi connectivity index (χ1n) is 9.41. The quantitative estimate of drug-likeness (QED) is 0.341. The Morgan fingerprint density at radius 3 is 2.67 bits per heavy atom. The summed E-state index contributed by atoms with van der Waals surface area (Å²) in [4.78, 5) is 8.75. The Bertz CT molecular complexity index is 1020. The predicted octanol–water partition coefficient (Wildman–Crippen LogP) is 3.23. The Morgan fingerprint density at radius 1 is 1.13 bits per heavy atom. The van der Waals surface area contributed by atoms with E-state index >= 15 is 0 Å². The van der Waals surface area contributed by atoms with Gasteiger partial charge in [-0.05, 0) is 29.8 Å². The number of ether oxygens (including phenoxy) is 2. The molecule has 3 aromatic rings. The number of aromatic nitrogens is 1. The first-order valence-corrected chi connectivity index (χ1v) is 9.41. The maximum Gasteiger partial charge on any atom is 0.226 e. The molecule has 0 aliphatic rings. The van der Waals surface area contributed by atoms with Crippen molar-refractivity contribution in [3.63, 3.8) is 0 Å². The molecular formula is C23H24N4O3. The number of rotatable bonds is 8. The summed E-state index contributed by atoms with van der Waals surface area (Å²) in [5.41, 5.74) is 2.72. The molecule has 1 aromatic heterocycles. The Balaban J connectivity index is 1.55. The maximum atomic E-state index is 5.56. The average Bonchev–Trinajstić information content (AvgIpc) is 3.27. The zero-order valence-corrected chi connectivity index (χ0v) is 17.0. The highest BCUT2D eigenvalue weighted by Crippen LogP contribution is 2.28. The number of benzene rings is 2. The van der Waals surface area contributed by atoms with Crippen molar-refractivity contribution >= 4 is 5.96 Å². The van der Waals surface area contributed by atoms with E-state index < -0.39 is 0 Å². The van der Waals surface area contributed by atoms with Crippen LogP contribution in [0.5, 0.6) is 11.5 Å². The van der Waals surface area contributed by atoms with E-state index in [2.05, 4.69) is 26.5 Å². The van der Waals surface area contributed by atoms with Gasteiger partial charge in [-0.15, -0.1) is 6.42 Å². The molecule has 0 aliphatic carbocycles. The number of oxazole rings is 1. The van der Waals surface area contributed by atoms with E-state index in [1.165, 1.54) is 0 Å². The fraction of sp³-hybridized carbons (Fsp3) is 0.217. The van der Waals surface area contributed by atoms with Crippen LogP contribution >= 0.6 is 0 Å². The summed E-state index contributed by atoms with van der Waals surface area (Å²) in [6.45, 7) is 1.21. The van der Waals surface area contributed by atoms with Gasteiger partial charge in [0.2, 0.25) is 5.89 Å². The van der Waals surface area contributed by atoms with Crippen LogP contribution in [-0.2, 0) is 13.1 Å². The van der Waals surface area contributed by atoms with Crippen molar-refractivity contribution in [1.82, 2.24) is 15.6 Å². The number of hydrogen-bond donors (Lipinski definition) is 2. The van der Waals surface area contributed by atoms with Gasteiger partial charge in [-0.2, -0.15) is 0 Å². The van der Waals surface area contributed by atoms with Gasteiger partial charge < -0.3 is 24.5 Å². The van der Waals surface area contributed by atoms with Crippen LogP contribution in [0.1, 0.15) is 11.3 Å². The number of guanidine groups is 1. The lowest BCUT2D eigenvalue weighted by Crippen LogP contribution is -2.36. The second-order valence-corrected chi connectivity index (χ2v) is 6.27. The van der Waals surface area contributed by atoms with Crippen molar-refractivity contribution in [2.75, 3.05) is 20.8 Å². The molecule has 2 aromatic carbocycles. The summed E-state index contributed by atoms with van der Waals surface area (Å²) >= 11 is 0. The number of nitrogens with zero attached hydrogens (tertiary/aromatic N) is 2. The molecule has 0 aliphatic heterocycles. The van der Waals surface area contributed by atoms with Crippen LogP contribution < -0.4 is 20.1 Å². The van der Waals surface area contributed by atoms with Crippen LogP contribution in [-0.4, -0.2) is 31.7 Å². The van der Waals surface area contributed by atoms with Gasteiger partial charge in [-0.1, -0.05) is 30.2 Å². The lowest BCUT2D eigenvalue weighted by atomic mass is 10.2. The minimum absolute atomic E-state index is 0.180. The molecule has 7 nitrogen and oxygen atoms in total. The van der Waals surface area contributed by atoms with Crippen molar-refractivity contribution in [2.45, 2.75) is 13.1 Å². The van der Waals surface area contributed by atoms with Crippen LogP contribution in [0.15, 0.2) is 64.2 Å². The molecule has 0 radical (unpaired) electrons. The molecule has 0 saturated heterocycles. The fourth-order valence-corrected chi connectivity index (χ4v) is 2.75. The van der Waals surface area contributed by atoms with Gasteiger partial charge >= 0.3 is 0 Å². The highest BCUT2D eigenvalue weighted by molar-refractivity contribution is 5.79. The van der Waals surface area contributed by atoms with Gasteiger partial charge in [0.05, 0.1) is 19.3 Å². The predicted molar refractivity (Wildman–Crippen MR) is 116 cm³/mol. The van der Waals surface area contributed by atoms with E-state index in [4.69, 9.17) is 20.3 Å². The van der Waals surface area contributed by atoms with E-state index in [0.29, 0.717) is 36.4 Å². The summed E-state index contributed by atoms with van der Waals surface area (Å²) < 4.78 is 16.4. The molecule has 7 heteroatoms. The maximum absolute atomic E-state index is 5.56. The van der Waals surface area contributed by atoms with Crippen LogP contribution in [0.25, 0.3) is 11.5 Å². The molecule has 1 heterocycles. The molecule has 0 unspecified atom stereocenters. The van der Waals surface area contributed by atoms with Crippen LogP contribution in [0.3, 0.4) is 0 Å². The van der Waals surface area contributed by atoms with Gasteiger partial charge in [0, 0.05) is 19.2 Å². The molecular weight excluding hydrogens is 380 g/mol. The van der Waals surface area contributed by atoms with Crippen molar-refractivity contribution in [1.29, 1.82) is 0 Å². The number of methoxy groups -OCH3 is 1. The second-order valence-electron chi connectivity index (χ2n) is 6.27. The highest BCUT2D eigenvalue weighted by Gasteiger charge is 2.08. The van der Waals surface area contributed by atoms with Crippen LogP contribution in [0.4, 0.5) is 0 Å². The molecule has 30 heavy (non-hydrogen) atoms. The van der Waals surface area contributed by atoms with Crippen LogP contribution in [0.2, 0.25) is 0 Å². The molecule has 0 saturated carbocycles. The van der Waals surface area contributed by atoms with Crippen molar-refractivity contribution in [2.24, 2.45) is 4.99 Å². The van der Waals surface area contributed by atoms with Gasteiger partial charge in [-0.25, -0.2) is 4.98 Å². The normalized spacial score (nSPS) is 10.9. The SMILES string of the molecule is C#CCOc1cc(CNC(=NC)NCc2coc(-c3ccccc3)n2)ccc1OC. The van der Waals surface area contributed by atoms with Gasteiger partial charge in [-0.3, -0.25) is 4.99 Å². The number of nitrogens with one attached hydrogen (secondary N) is 2. The first kappa shape index (κ1) is 20.8. The summed E-state index contributed by atoms with van der Waals surface area (Å²) in [5, 5.41) is 6.49. The first-order chi connectivity index (χ1) is 14.7. The zero-order chi connectivity index (χ0) is 21.2. The molecule has 0 amide bonds. The topological polar surface area (TPSA) is 80.9 Å². The Hall–Kier alpha value is -3.92. The van der Waals surface area contributed by atoms with Gasteiger partial charge in [0.1, 0.15) is 12.9 Å². The molecule has 154 valence electrons. The van der Waals surface area contributed by atoms with Crippen LogP contribution in [0, 0.1) is 12.3 Å². The van der Waals surface area contributed by atoms with Gasteiger partial charge in [0.25, 0.3) is 0 Å². The lowest BCUT2D eigenvalue weighted by Gasteiger charge is -2.13. The average molecular weight is 404 g/mol. The third-order valence-electron chi connectivity index (χ3n) is 4.23. The standard InChI is InChI=1S/C23H24N4O3/c1-4-12-29-21-13-17(10-11-20(21)28-3)14-25-23(24-2)26-15-19-16-30-22(27-19)18-8-6-5-7-9-18/h1,5-11,13,16H,12,14-15H2,2-3H3,(H2,24,25,26). The largest absolute Gasteiger partial charge is 0.493 e. The van der Waals surface area contributed by atoms with E-state index in [1.807, 2.05) is 48.5 Å². The zero-order valence-electron chi connectivity index (χ0n) is 17.0. The summed E-state index contributed by atoms with van der Waals surface area (Å²) in [6, 6.07) is 15.5. The minimum Gasteiger partial charge on any atom is -0.493 e. The molecule has 0 bridgehead atoms. The van der Waals surface area contributed by atoms with Crippen molar-refractivity contribution in [3.05, 3.63) is 66.1 Å². The van der Waals surface area contributed by atoms with E-state index in [-0.39, 0.29) is 6.61 Å². The number of aliphatic imine (C=N–C) groups is 1. The van der Waals surface area contributed by atoms with Gasteiger partial charge in [0.15, 0.2) is 17.5 Å². The van der Waals surface area contributed by atoms with E-state index in [1.54, 1.807) is 20.4 Å². The fourth-order valence-electron chi connectivity index (χ4n) is 2.75. The highest BCUT2D eigenvalue weighted by atomic mass is 16.5. The van der Waals surface area contributed by atoms with Crippen molar-refractivity contribution < 1.29 is 13.9 Å². The Morgan fingerprint density at radius 2 is 1.93 bits per heavy atom. The summed E-state index contributed by atoms with van der Waals surface area (Å²) in [5.74, 6) is 4.93. The smallest absolute Gasteiger partial charge is 0.226 e.